The third-order valence-electron chi connectivity index (χ3n) is 3.18. The molecule has 0 aromatic rings. The lowest BCUT2D eigenvalue weighted by Gasteiger charge is -2.25. The minimum atomic E-state index is -0.337. The highest BCUT2D eigenvalue weighted by atomic mass is 16.2. The minimum absolute atomic E-state index is 0.0579. The van der Waals surface area contributed by atoms with Crippen molar-refractivity contribution >= 4 is 17.3 Å². The Morgan fingerprint density at radius 3 is 2.35 bits per heavy atom. The molecule has 1 aliphatic heterocycles. The number of ketones is 3. The van der Waals surface area contributed by atoms with Crippen molar-refractivity contribution in [3.05, 3.63) is 22.9 Å². The predicted molar refractivity (Wildman–Crippen MR) is 62.3 cm³/mol. The highest BCUT2D eigenvalue weighted by molar-refractivity contribution is 6.32. The third kappa shape index (κ3) is 1.95. The summed E-state index contributed by atoms with van der Waals surface area (Å²) < 4.78 is 0. The summed E-state index contributed by atoms with van der Waals surface area (Å²) in [5.41, 5.74) is 0.796. The molecule has 0 amide bonds. The Labute approximate surface area is 100.0 Å². The van der Waals surface area contributed by atoms with Crippen LogP contribution in [0.3, 0.4) is 0 Å². The zero-order valence-electron chi connectivity index (χ0n) is 10.1. The van der Waals surface area contributed by atoms with E-state index < -0.39 is 0 Å². The quantitative estimate of drug-likeness (QED) is 0.528. The molecule has 90 valence electrons. The Kier molecular flexibility index (Phi) is 2.96. The van der Waals surface area contributed by atoms with Crippen LogP contribution in [-0.4, -0.2) is 35.3 Å². The van der Waals surface area contributed by atoms with Crippen molar-refractivity contribution in [1.82, 2.24) is 4.90 Å². The Hall–Kier alpha value is -1.71. The third-order valence-corrected chi connectivity index (χ3v) is 3.18. The first kappa shape index (κ1) is 11.8. The molecule has 0 aromatic carbocycles. The van der Waals surface area contributed by atoms with Crippen LogP contribution < -0.4 is 0 Å². The number of nitrogens with zero attached hydrogens (tertiary/aromatic N) is 1. The second-order valence-corrected chi connectivity index (χ2v) is 4.49. The molecule has 0 aromatic heterocycles. The van der Waals surface area contributed by atoms with Gasteiger partial charge in [-0.2, -0.15) is 0 Å². The molecular weight excluding hydrogens is 218 g/mol. The molecule has 0 atom stereocenters. The highest BCUT2D eigenvalue weighted by Gasteiger charge is 2.33. The summed E-state index contributed by atoms with van der Waals surface area (Å²) in [6.45, 7) is 4.45. The molecule has 1 fully saturated rings. The molecular formula is C13H15NO3. The molecule has 2 rings (SSSR count). The lowest BCUT2D eigenvalue weighted by Crippen LogP contribution is -2.33. The van der Waals surface area contributed by atoms with Gasteiger partial charge in [0.25, 0.3) is 0 Å². The normalized spacial score (nSPS) is 21.1. The first-order valence-corrected chi connectivity index (χ1v) is 5.80. The van der Waals surface area contributed by atoms with Gasteiger partial charge in [0.05, 0.1) is 11.3 Å². The molecule has 17 heavy (non-hydrogen) atoms. The summed E-state index contributed by atoms with van der Waals surface area (Å²) in [7, 11) is 0. The monoisotopic (exact) mass is 233 g/mol. The zero-order chi connectivity index (χ0) is 12.6. The standard InChI is InChI=1S/C13H15NO3/c1-8-7-10(16)11(9(2)15)12(13(8)17)14-5-3-4-6-14/h7H,3-6H2,1-2H3. The van der Waals surface area contributed by atoms with Gasteiger partial charge in [-0.3, -0.25) is 14.4 Å². The van der Waals surface area contributed by atoms with E-state index in [9.17, 15) is 14.4 Å². The molecule has 0 spiro atoms. The summed E-state index contributed by atoms with van der Waals surface area (Å²) in [6, 6.07) is 0. The van der Waals surface area contributed by atoms with Crippen LogP contribution in [0.15, 0.2) is 22.9 Å². The Bertz CT molecular complexity index is 465. The minimum Gasteiger partial charge on any atom is -0.368 e. The van der Waals surface area contributed by atoms with Gasteiger partial charge in [0.15, 0.2) is 11.6 Å². The van der Waals surface area contributed by atoms with E-state index in [1.165, 1.54) is 13.0 Å². The van der Waals surface area contributed by atoms with Gasteiger partial charge < -0.3 is 4.90 Å². The first-order valence-electron chi connectivity index (χ1n) is 5.80. The van der Waals surface area contributed by atoms with Crippen molar-refractivity contribution in [1.29, 1.82) is 0 Å². The average Bonchev–Trinajstić information content (AvgIpc) is 2.75. The van der Waals surface area contributed by atoms with Crippen LogP contribution in [-0.2, 0) is 14.4 Å². The summed E-state index contributed by atoms with van der Waals surface area (Å²) in [4.78, 5) is 37.3. The number of rotatable bonds is 2. The van der Waals surface area contributed by atoms with Crippen LogP contribution in [0.4, 0.5) is 0 Å². The maximum atomic E-state index is 12.1. The lowest BCUT2D eigenvalue weighted by molar-refractivity contribution is -0.121. The van der Waals surface area contributed by atoms with Crippen LogP contribution in [0.5, 0.6) is 0 Å². The second kappa shape index (κ2) is 4.28. The Morgan fingerprint density at radius 2 is 1.82 bits per heavy atom. The second-order valence-electron chi connectivity index (χ2n) is 4.49. The number of hydrogen-bond donors (Lipinski definition) is 0. The molecule has 1 aliphatic carbocycles. The molecule has 1 saturated heterocycles. The SMILES string of the molecule is CC(=O)C1=C(N2CCCC2)C(=O)C(C)=CC1=O. The Balaban J connectivity index is 2.51. The first-order chi connectivity index (χ1) is 8.02. The zero-order valence-corrected chi connectivity index (χ0v) is 10.1. The van der Waals surface area contributed by atoms with Crippen molar-refractivity contribution in [3.8, 4) is 0 Å². The molecule has 0 saturated carbocycles. The Morgan fingerprint density at radius 1 is 1.24 bits per heavy atom. The van der Waals surface area contributed by atoms with Gasteiger partial charge in [-0.05, 0) is 32.8 Å². The maximum absolute atomic E-state index is 12.1. The predicted octanol–water partition coefficient (Wildman–Crippen LogP) is 1.02. The van der Waals surface area contributed by atoms with Crippen LogP contribution in [0.1, 0.15) is 26.7 Å². The molecule has 4 nitrogen and oxygen atoms in total. The smallest absolute Gasteiger partial charge is 0.205 e. The van der Waals surface area contributed by atoms with Gasteiger partial charge >= 0.3 is 0 Å². The van der Waals surface area contributed by atoms with Crippen molar-refractivity contribution in [2.75, 3.05) is 13.1 Å². The van der Waals surface area contributed by atoms with Crippen molar-refractivity contribution < 1.29 is 14.4 Å². The van der Waals surface area contributed by atoms with Crippen LogP contribution in [0, 0.1) is 0 Å². The number of carbonyl (C=O) groups excluding carboxylic acids is 3. The molecule has 2 aliphatic rings. The number of Topliss-reactive ketones (excluding diaryl/α,β-unsaturated/α-hetero) is 2. The van der Waals surface area contributed by atoms with Crippen molar-refractivity contribution in [3.63, 3.8) is 0 Å². The fourth-order valence-corrected chi connectivity index (χ4v) is 2.33. The molecule has 1 heterocycles. The fourth-order valence-electron chi connectivity index (χ4n) is 2.33. The van der Waals surface area contributed by atoms with Gasteiger partial charge in [-0.25, -0.2) is 0 Å². The van der Waals surface area contributed by atoms with Crippen molar-refractivity contribution in [2.24, 2.45) is 0 Å². The van der Waals surface area contributed by atoms with E-state index in [1.807, 2.05) is 4.90 Å². The largest absolute Gasteiger partial charge is 0.368 e. The summed E-state index contributed by atoms with van der Waals surface area (Å²) in [5.74, 6) is -0.845. The molecule has 4 heteroatoms. The summed E-state index contributed by atoms with van der Waals surface area (Å²) in [5, 5.41) is 0. The maximum Gasteiger partial charge on any atom is 0.205 e. The van der Waals surface area contributed by atoms with Gasteiger partial charge in [0.2, 0.25) is 5.78 Å². The van der Waals surface area contributed by atoms with Crippen molar-refractivity contribution in [2.45, 2.75) is 26.7 Å². The van der Waals surface area contributed by atoms with E-state index >= 15 is 0 Å². The van der Waals surface area contributed by atoms with Crippen LogP contribution >= 0.6 is 0 Å². The number of likely N-dealkylation sites (tertiary alicyclic amines) is 1. The number of hydrogen-bond acceptors (Lipinski definition) is 4. The fraction of sp³-hybridized carbons (Fsp3) is 0.462. The summed E-state index contributed by atoms with van der Waals surface area (Å²) >= 11 is 0. The van der Waals surface area contributed by atoms with E-state index in [1.54, 1.807) is 6.92 Å². The van der Waals surface area contributed by atoms with Gasteiger partial charge in [-0.15, -0.1) is 0 Å². The number of carbonyl (C=O) groups is 3. The molecule has 0 bridgehead atoms. The lowest BCUT2D eigenvalue weighted by atomic mass is 9.92. The molecule has 0 unspecified atom stereocenters. The van der Waals surface area contributed by atoms with Crippen LogP contribution in [0.25, 0.3) is 0 Å². The van der Waals surface area contributed by atoms with E-state index in [4.69, 9.17) is 0 Å². The van der Waals surface area contributed by atoms with Gasteiger partial charge in [0.1, 0.15) is 0 Å². The van der Waals surface area contributed by atoms with E-state index in [0.717, 1.165) is 25.9 Å². The average molecular weight is 233 g/mol. The molecule has 0 radical (unpaired) electrons. The van der Waals surface area contributed by atoms with E-state index in [-0.39, 0.29) is 22.9 Å². The van der Waals surface area contributed by atoms with Crippen LogP contribution in [0.2, 0.25) is 0 Å². The number of allylic oxidation sites excluding steroid dienone is 3. The van der Waals surface area contributed by atoms with Gasteiger partial charge in [0, 0.05) is 18.7 Å². The van der Waals surface area contributed by atoms with E-state index in [0.29, 0.717) is 11.3 Å². The topological polar surface area (TPSA) is 54.5 Å². The highest BCUT2D eigenvalue weighted by Crippen LogP contribution is 2.26. The molecule has 0 N–H and O–H groups in total. The summed E-state index contributed by atoms with van der Waals surface area (Å²) in [6.07, 6.45) is 3.26. The van der Waals surface area contributed by atoms with E-state index in [2.05, 4.69) is 0 Å². The van der Waals surface area contributed by atoms with Gasteiger partial charge in [-0.1, -0.05) is 0 Å².